The van der Waals surface area contributed by atoms with Crippen LogP contribution >= 0.6 is 0 Å². The lowest BCUT2D eigenvalue weighted by Gasteiger charge is -2.02. The van der Waals surface area contributed by atoms with Crippen LogP contribution in [0.5, 0.6) is 0 Å². The first-order chi connectivity index (χ1) is 4.25. The van der Waals surface area contributed by atoms with Gasteiger partial charge in [-0.25, -0.2) is 4.99 Å². The molecule has 0 unspecified atom stereocenters. The first kappa shape index (κ1) is 6.07. The number of rotatable bonds is 0. The molecule has 1 aliphatic rings. The zero-order valence-electron chi connectivity index (χ0n) is 5.42. The first-order valence-corrected chi connectivity index (χ1v) is 2.62. The summed E-state index contributed by atoms with van der Waals surface area (Å²) in [5.74, 6) is -0.0457. The normalized spacial score (nSPS) is 23.1. The number of hydrogen-bond donors (Lipinski definition) is 0. The standard InChI is InChI=1S/C5H8N2O2/c1-6-5-7(2)4(8)3-9-5/h3H2,1-2H3. The van der Waals surface area contributed by atoms with Crippen LogP contribution in [0.4, 0.5) is 0 Å². The molecule has 0 spiro atoms. The number of ether oxygens (including phenoxy) is 1. The van der Waals surface area contributed by atoms with E-state index in [-0.39, 0.29) is 12.5 Å². The van der Waals surface area contributed by atoms with Crippen LogP contribution in [0.1, 0.15) is 0 Å². The molecule has 50 valence electrons. The molecule has 0 N–H and O–H groups in total. The van der Waals surface area contributed by atoms with Gasteiger partial charge in [-0.05, 0) is 0 Å². The van der Waals surface area contributed by atoms with Gasteiger partial charge in [-0.1, -0.05) is 0 Å². The van der Waals surface area contributed by atoms with E-state index >= 15 is 0 Å². The Bertz CT molecular complexity index is 164. The molecule has 0 aromatic rings. The molecule has 1 aliphatic heterocycles. The van der Waals surface area contributed by atoms with Crippen LogP contribution in [0.3, 0.4) is 0 Å². The highest BCUT2D eigenvalue weighted by Gasteiger charge is 2.23. The minimum Gasteiger partial charge on any atom is -0.455 e. The number of nitrogens with zero attached hydrogens (tertiary/aromatic N) is 2. The summed E-state index contributed by atoms with van der Waals surface area (Å²) in [6, 6.07) is 0.403. The summed E-state index contributed by atoms with van der Waals surface area (Å²) in [6.45, 7) is 0.128. The van der Waals surface area contributed by atoms with Crippen LogP contribution in [-0.4, -0.2) is 37.5 Å². The molecule has 0 saturated carbocycles. The van der Waals surface area contributed by atoms with Crippen LogP contribution in [0.25, 0.3) is 0 Å². The van der Waals surface area contributed by atoms with Crippen molar-refractivity contribution in [2.24, 2.45) is 4.99 Å². The SMILES string of the molecule is CN=C1OCC(=O)N1C. The van der Waals surface area contributed by atoms with Crippen molar-refractivity contribution in [1.29, 1.82) is 0 Å². The number of amidine groups is 1. The van der Waals surface area contributed by atoms with Gasteiger partial charge < -0.3 is 4.74 Å². The van der Waals surface area contributed by atoms with Gasteiger partial charge in [0.15, 0.2) is 6.61 Å². The molecule has 0 aliphatic carbocycles. The van der Waals surface area contributed by atoms with Gasteiger partial charge in [-0.3, -0.25) is 9.69 Å². The van der Waals surface area contributed by atoms with Crippen molar-refractivity contribution in [1.82, 2.24) is 4.90 Å². The summed E-state index contributed by atoms with van der Waals surface area (Å²) in [7, 11) is 3.22. The maximum absolute atomic E-state index is 10.7. The molecular formula is C5H8N2O2. The number of amides is 1. The molecule has 0 atom stereocenters. The van der Waals surface area contributed by atoms with Crippen molar-refractivity contribution in [3.05, 3.63) is 0 Å². The number of carbonyl (C=O) groups is 1. The van der Waals surface area contributed by atoms with E-state index in [4.69, 9.17) is 4.74 Å². The zero-order chi connectivity index (χ0) is 6.85. The summed E-state index contributed by atoms with van der Waals surface area (Å²) < 4.78 is 4.85. The van der Waals surface area contributed by atoms with Crippen LogP contribution in [0.15, 0.2) is 4.99 Å². The highest BCUT2D eigenvalue weighted by Crippen LogP contribution is 2.00. The molecule has 9 heavy (non-hydrogen) atoms. The molecule has 4 nitrogen and oxygen atoms in total. The lowest BCUT2D eigenvalue weighted by molar-refractivity contribution is -0.124. The smallest absolute Gasteiger partial charge is 0.294 e. The van der Waals surface area contributed by atoms with E-state index in [0.29, 0.717) is 6.02 Å². The van der Waals surface area contributed by atoms with E-state index in [1.54, 1.807) is 14.1 Å². The predicted octanol–water partition coefficient (Wildman–Crippen LogP) is -0.539. The summed E-state index contributed by atoms with van der Waals surface area (Å²) in [5, 5.41) is 0. The Balaban J connectivity index is 2.73. The van der Waals surface area contributed by atoms with Crippen LogP contribution in [0, 0.1) is 0 Å². The minimum atomic E-state index is -0.0457. The van der Waals surface area contributed by atoms with E-state index in [2.05, 4.69) is 4.99 Å². The molecule has 1 rings (SSSR count). The van der Waals surface area contributed by atoms with Gasteiger partial charge in [0.25, 0.3) is 11.9 Å². The molecule has 0 aromatic carbocycles. The monoisotopic (exact) mass is 128 g/mol. The van der Waals surface area contributed by atoms with Gasteiger partial charge in [0.1, 0.15) is 0 Å². The fourth-order valence-electron chi connectivity index (χ4n) is 0.641. The zero-order valence-corrected chi connectivity index (χ0v) is 5.42. The molecule has 0 bridgehead atoms. The molecule has 1 saturated heterocycles. The fraction of sp³-hybridized carbons (Fsp3) is 0.600. The van der Waals surface area contributed by atoms with Crippen LogP contribution in [0.2, 0.25) is 0 Å². The highest BCUT2D eigenvalue weighted by atomic mass is 16.5. The maximum Gasteiger partial charge on any atom is 0.294 e. The number of carbonyl (C=O) groups excluding carboxylic acids is 1. The minimum absolute atomic E-state index is 0.0457. The molecule has 1 amide bonds. The third-order valence-corrected chi connectivity index (χ3v) is 1.18. The number of hydrogen-bond acceptors (Lipinski definition) is 3. The Morgan fingerprint density at radius 1 is 1.78 bits per heavy atom. The van der Waals surface area contributed by atoms with Crippen molar-refractivity contribution >= 4 is 11.9 Å². The molecule has 1 fully saturated rings. The van der Waals surface area contributed by atoms with E-state index in [0.717, 1.165) is 0 Å². The third kappa shape index (κ3) is 0.872. The van der Waals surface area contributed by atoms with Gasteiger partial charge in [-0.2, -0.15) is 0 Å². The lowest BCUT2D eigenvalue weighted by atomic mass is 10.6. The van der Waals surface area contributed by atoms with E-state index in [1.807, 2.05) is 0 Å². The Labute approximate surface area is 53.1 Å². The fourth-order valence-corrected chi connectivity index (χ4v) is 0.641. The molecule has 4 heteroatoms. The van der Waals surface area contributed by atoms with E-state index in [1.165, 1.54) is 4.90 Å². The Morgan fingerprint density at radius 2 is 2.44 bits per heavy atom. The van der Waals surface area contributed by atoms with Gasteiger partial charge in [0, 0.05) is 14.1 Å². The second kappa shape index (κ2) is 2.05. The van der Waals surface area contributed by atoms with Gasteiger partial charge in [-0.15, -0.1) is 0 Å². The molecule has 0 radical (unpaired) electrons. The van der Waals surface area contributed by atoms with Crippen molar-refractivity contribution < 1.29 is 9.53 Å². The third-order valence-electron chi connectivity index (χ3n) is 1.18. The Kier molecular flexibility index (Phi) is 1.38. The summed E-state index contributed by atoms with van der Waals surface area (Å²) in [6.07, 6.45) is 0. The lowest BCUT2D eigenvalue weighted by Crippen LogP contribution is -2.24. The highest BCUT2D eigenvalue weighted by molar-refractivity contribution is 5.99. The van der Waals surface area contributed by atoms with Crippen molar-refractivity contribution in [2.45, 2.75) is 0 Å². The number of likely N-dealkylation sites (N-methyl/N-ethyl adjacent to an activating group) is 1. The summed E-state index contributed by atoms with van der Waals surface area (Å²) >= 11 is 0. The summed E-state index contributed by atoms with van der Waals surface area (Å²) in [5.41, 5.74) is 0. The van der Waals surface area contributed by atoms with E-state index in [9.17, 15) is 4.79 Å². The van der Waals surface area contributed by atoms with Crippen molar-refractivity contribution in [3.8, 4) is 0 Å². The molecular weight excluding hydrogens is 120 g/mol. The topological polar surface area (TPSA) is 41.9 Å². The van der Waals surface area contributed by atoms with Gasteiger partial charge in [0.2, 0.25) is 0 Å². The van der Waals surface area contributed by atoms with Gasteiger partial charge >= 0.3 is 0 Å². The average molecular weight is 128 g/mol. The van der Waals surface area contributed by atoms with Crippen molar-refractivity contribution in [2.75, 3.05) is 20.7 Å². The van der Waals surface area contributed by atoms with Crippen LogP contribution < -0.4 is 0 Å². The van der Waals surface area contributed by atoms with Crippen molar-refractivity contribution in [3.63, 3.8) is 0 Å². The largest absolute Gasteiger partial charge is 0.455 e. The predicted molar refractivity (Wildman–Crippen MR) is 32.1 cm³/mol. The van der Waals surface area contributed by atoms with E-state index < -0.39 is 0 Å². The Hall–Kier alpha value is -1.06. The first-order valence-electron chi connectivity index (χ1n) is 2.62. The second-order valence-electron chi connectivity index (χ2n) is 1.75. The summed E-state index contributed by atoms with van der Waals surface area (Å²) in [4.78, 5) is 15.8. The second-order valence-corrected chi connectivity index (χ2v) is 1.75. The Morgan fingerprint density at radius 3 is 2.67 bits per heavy atom. The quantitative estimate of drug-likeness (QED) is 0.439. The van der Waals surface area contributed by atoms with Crippen LogP contribution in [-0.2, 0) is 9.53 Å². The van der Waals surface area contributed by atoms with Gasteiger partial charge in [0.05, 0.1) is 0 Å². The molecule has 0 aromatic heterocycles. The average Bonchev–Trinajstić information content (AvgIpc) is 2.15. The maximum atomic E-state index is 10.7. The molecule has 1 heterocycles. The number of aliphatic imine (C=N–C) groups is 1.